The molecule has 0 unspecified atom stereocenters. The van der Waals surface area contributed by atoms with Crippen LogP contribution in [0.3, 0.4) is 0 Å². The number of benzene rings is 2. The largest absolute Gasteiger partial charge is 0.488 e. The van der Waals surface area contributed by atoms with E-state index in [1.54, 1.807) is 43.3 Å². The van der Waals surface area contributed by atoms with Gasteiger partial charge in [0.2, 0.25) is 5.89 Å². The van der Waals surface area contributed by atoms with Gasteiger partial charge in [-0.2, -0.15) is 4.98 Å². The standard InChI is InChI=1S/C19H18FN3O3/c1-13-22-18(26-23-13)10-11-21-19(24)16-4-2-3-5-17(16)25-12-14-6-8-15(20)9-7-14/h2-9H,10-12H2,1H3,(H,21,24). The van der Waals surface area contributed by atoms with Crippen molar-refractivity contribution in [3.63, 3.8) is 0 Å². The minimum absolute atomic E-state index is 0.242. The first-order chi connectivity index (χ1) is 12.6. The van der Waals surface area contributed by atoms with Crippen LogP contribution in [0.5, 0.6) is 5.75 Å². The molecule has 0 fully saturated rings. The third-order valence-corrected chi connectivity index (χ3v) is 3.63. The van der Waals surface area contributed by atoms with Gasteiger partial charge in [0.15, 0.2) is 5.82 Å². The minimum Gasteiger partial charge on any atom is -0.488 e. The van der Waals surface area contributed by atoms with Gasteiger partial charge in [-0.05, 0) is 36.8 Å². The maximum absolute atomic E-state index is 13.0. The van der Waals surface area contributed by atoms with Crippen LogP contribution < -0.4 is 10.1 Å². The van der Waals surface area contributed by atoms with E-state index in [0.717, 1.165) is 5.56 Å². The van der Waals surface area contributed by atoms with Gasteiger partial charge in [-0.3, -0.25) is 4.79 Å². The van der Waals surface area contributed by atoms with Crippen LogP contribution in [-0.2, 0) is 13.0 Å². The van der Waals surface area contributed by atoms with Gasteiger partial charge in [-0.1, -0.05) is 29.4 Å². The quantitative estimate of drug-likeness (QED) is 0.705. The molecule has 1 amide bonds. The van der Waals surface area contributed by atoms with Crippen LogP contribution in [0.1, 0.15) is 27.6 Å². The van der Waals surface area contributed by atoms with Crippen molar-refractivity contribution in [1.82, 2.24) is 15.5 Å². The summed E-state index contributed by atoms with van der Waals surface area (Å²) >= 11 is 0. The molecule has 3 rings (SSSR count). The topological polar surface area (TPSA) is 77.2 Å². The van der Waals surface area contributed by atoms with Crippen LogP contribution in [0.25, 0.3) is 0 Å². The molecule has 0 aliphatic rings. The third kappa shape index (κ3) is 4.66. The number of ether oxygens (including phenoxy) is 1. The smallest absolute Gasteiger partial charge is 0.255 e. The monoisotopic (exact) mass is 355 g/mol. The number of amides is 1. The highest BCUT2D eigenvalue weighted by Crippen LogP contribution is 2.19. The van der Waals surface area contributed by atoms with E-state index >= 15 is 0 Å². The van der Waals surface area contributed by atoms with E-state index in [-0.39, 0.29) is 18.3 Å². The number of carbonyl (C=O) groups is 1. The highest BCUT2D eigenvalue weighted by Gasteiger charge is 2.12. The zero-order valence-corrected chi connectivity index (χ0v) is 14.2. The number of aryl methyl sites for hydroxylation is 1. The summed E-state index contributed by atoms with van der Waals surface area (Å²) in [7, 11) is 0. The predicted molar refractivity (Wildman–Crippen MR) is 92.2 cm³/mol. The van der Waals surface area contributed by atoms with Crippen LogP contribution in [0.4, 0.5) is 4.39 Å². The van der Waals surface area contributed by atoms with E-state index < -0.39 is 0 Å². The number of carbonyl (C=O) groups excluding carboxylic acids is 1. The summed E-state index contributed by atoms with van der Waals surface area (Å²) in [5, 5.41) is 6.51. The summed E-state index contributed by atoms with van der Waals surface area (Å²) in [6, 6.07) is 13.0. The van der Waals surface area contributed by atoms with Gasteiger partial charge in [0.1, 0.15) is 18.2 Å². The Kier molecular flexibility index (Phi) is 5.58. The maximum atomic E-state index is 13.0. The number of aromatic nitrogens is 2. The average molecular weight is 355 g/mol. The van der Waals surface area contributed by atoms with E-state index in [1.807, 2.05) is 0 Å². The fourth-order valence-corrected chi connectivity index (χ4v) is 2.34. The number of rotatable bonds is 7. The second-order valence-electron chi connectivity index (χ2n) is 5.65. The first-order valence-corrected chi connectivity index (χ1v) is 8.15. The molecule has 1 heterocycles. The molecule has 0 atom stereocenters. The Bertz CT molecular complexity index is 878. The molecular formula is C19H18FN3O3. The van der Waals surface area contributed by atoms with Crippen LogP contribution in [0.15, 0.2) is 53.1 Å². The minimum atomic E-state index is -0.301. The molecular weight excluding hydrogens is 337 g/mol. The average Bonchev–Trinajstić information content (AvgIpc) is 3.06. The summed E-state index contributed by atoms with van der Waals surface area (Å²) in [5.74, 6) is 0.943. The van der Waals surface area contributed by atoms with Crippen LogP contribution in [-0.4, -0.2) is 22.6 Å². The van der Waals surface area contributed by atoms with Gasteiger partial charge in [0, 0.05) is 13.0 Å². The Labute approximate surface area is 150 Å². The van der Waals surface area contributed by atoms with E-state index in [9.17, 15) is 9.18 Å². The Morgan fingerprint density at radius 3 is 2.69 bits per heavy atom. The van der Waals surface area contributed by atoms with Crippen molar-refractivity contribution in [1.29, 1.82) is 0 Å². The maximum Gasteiger partial charge on any atom is 0.255 e. The summed E-state index contributed by atoms with van der Waals surface area (Å²) in [6.45, 7) is 2.35. The first kappa shape index (κ1) is 17.6. The highest BCUT2D eigenvalue weighted by atomic mass is 19.1. The number of para-hydroxylation sites is 1. The summed E-state index contributed by atoms with van der Waals surface area (Å²) in [4.78, 5) is 16.5. The Balaban J connectivity index is 1.58. The molecule has 1 aromatic heterocycles. The van der Waals surface area contributed by atoms with Gasteiger partial charge in [0.25, 0.3) is 5.91 Å². The Morgan fingerprint density at radius 2 is 1.96 bits per heavy atom. The Hall–Kier alpha value is -3.22. The third-order valence-electron chi connectivity index (χ3n) is 3.63. The molecule has 26 heavy (non-hydrogen) atoms. The zero-order chi connectivity index (χ0) is 18.4. The van der Waals surface area contributed by atoms with Crippen molar-refractivity contribution < 1.29 is 18.4 Å². The van der Waals surface area contributed by atoms with Crippen molar-refractivity contribution >= 4 is 5.91 Å². The molecule has 0 spiro atoms. The molecule has 0 bridgehead atoms. The molecule has 0 saturated heterocycles. The molecule has 7 heteroatoms. The molecule has 134 valence electrons. The SMILES string of the molecule is Cc1noc(CCNC(=O)c2ccccc2OCc2ccc(F)cc2)n1. The molecule has 0 aliphatic heterocycles. The van der Waals surface area contributed by atoms with Crippen LogP contribution in [0.2, 0.25) is 0 Å². The number of nitrogens with one attached hydrogen (secondary N) is 1. The van der Waals surface area contributed by atoms with E-state index in [0.29, 0.717) is 36.0 Å². The predicted octanol–water partition coefficient (Wildman–Crippen LogP) is 3.07. The van der Waals surface area contributed by atoms with Gasteiger partial charge in [-0.25, -0.2) is 4.39 Å². The van der Waals surface area contributed by atoms with Crippen molar-refractivity contribution in [3.8, 4) is 5.75 Å². The number of nitrogens with zero attached hydrogens (tertiary/aromatic N) is 2. The summed E-state index contributed by atoms with van der Waals surface area (Å²) < 4.78 is 23.7. The van der Waals surface area contributed by atoms with E-state index in [1.165, 1.54) is 12.1 Å². The molecule has 2 aromatic carbocycles. The molecule has 3 aromatic rings. The Morgan fingerprint density at radius 1 is 1.19 bits per heavy atom. The van der Waals surface area contributed by atoms with E-state index in [4.69, 9.17) is 9.26 Å². The summed E-state index contributed by atoms with van der Waals surface area (Å²) in [6.07, 6.45) is 0.450. The zero-order valence-electron chi connectivity index (χ0n) is 14.2. The lowest BCUT2D eigenvalue weighted by Crippen LogP contribution is -2.26. The second-order valence-corrected chi connectivity index (χ2v) is 5.65. The fraction of sp³-hybridized carbons (Fsp3) is 0.211. The number of hydrogen-bond donors (Lipinski definition) is 1. The van der Waals surface area contributed by atoms with Crippen LogP contribution >= 0.6 is 0 Å². The second kappa shape index (κ2) is 8.24. The lowest BCUT2D eigenvalue weighted by atomic mass is 10.2. The van der Waals surface area contributed by atoms with Gasteiger partial charge < -0.3 is 14.6 Å². The molecule has 0 saturated carbocycles. The van der Waals surface area contributed by atoms with E-state index in [2.05, 4.69) is 15.5 Å². The fourth-order valence-electron chi connectivity index (χ4n) is 2.34. The molecule has 6 nitrogen and oxygen atoms in total. The van der Waals surface area contributed by atoms with Gasteiger partial charge in [0.05, 0.1) is 5.56 Å². The number of hydrogen-bond acceptors (Lipinski definition) is 5. The highest BCUT2D eigenvalue weighted by molar-refractivity contribution is 5.96. The van der Waals surface area contributed by atoms with Crippen LogP contribution in [0, 0.1) is 12.7 Å². The number of halogens is 1. The van der Waals surface area contributed by atoms with Crippen molar-refractivity contribution in [2.24, 2.45) is 0 Å². The molecule has 0 aliphatic carbocycles. The lowest BCUT2D eigenvalue weighted by molar-refractivity contribution is 0.0949. The normalized spacial score (nSPS) is 10.5. The van der Waals surface area contributed by atoms with Crippen molar-refractivity contribution in [3.05, 3.63) is 77.2 Å². The molecule has 1 N–H and O–H groups in total. The molecule has 0 radical (unpaired) electrons. The van der Waals surface area contributed by atoms with Crippen molar-refractivity contribution in [2.45, 2.75) is 20.0 Å². The van der Waals surface area contributed by atoms with Gasteiger partial charge in [-0.15, -0.1) is 0 Å². The summed E-state index contributed by atoms with van der Waals surface area (Å²) in [5.41, 5.74) is 1.24. The lowest BCUT2D eigenvalue weighted by Gasteiger charge is -2.11. The van der Waals surface area contributed by atoms with Gasteiger partial charge >= 0.3 is 0 Å². The first-order valence-electron chi connectivity index (χ1n) is 8.15. The van der Waals surface area contributed by atoms with Crippen molar-refractivity contribution in [2.75, 3.05) is 6.54 Å².